The van der Waals surface area contributed by atoms with Crippen LogP contribution in [0.15, 0.2) is 152 Å². The number of hydrogen-bond donors (Lipinski definition) is 0. The number of hydrogen-bond acceptors (Lipinski definition) is 0. The minimum atomic E-state index is 1.07. The lowest BCUT2D eigenvalue weighted by molar-refractivity contribution is 1.22. The molecular weight excluding hydrogens is 336 g/mol. The van der Waals surface area contributed by atoms with Crippen molar-refractivity contribution in [3.05, 3.63) is 158 Å². The molecule has 0 atom stereocenters. The number of rotatable bonds is 13. The predicted octanol–water partition coefficient (Wildman–Crippen LogP) is 8.06. The van der Waals surface area contributed by atoms with Crippen molar-refractivity contribution in [1.29, 1.82) is 0 Å². The van der Waals surface area contributed by atoms with Gasteiger partial charge in [-0.2, -0.15) is 0 Å². The molecule has 0 aromatic rings. The van der Waals surface area contributed by atoms with Crippen molar-refractivity contribution in [2.24, 2.45) is 0 Å². The second-order valence-electron chi connectivity index (χ2n) is 5.26. The fourth-order valence-electron chi connectivity index (χ4n) is 1.63. The first kappa shape index (κ1) is 24.6. The zero-order valence-corrected chi connectivity index (χ0v) is 16.7. The SMILES string of the molecule is [CH]=C/C=C/C=C/C=C/C=C/C=C/C=C/C=C/C=C/C=C/C=C/C=C/C=C/CC. The van der Waals surface area contributed by atoms with E-state index in [2.05, 4.69) is 19.1 Å². The standard InChI is InChI=1S/C28H31/c1-3-5-7-9-11-13-15-17-19-21-23-25-27-28-26-24-22-20-18-16-14-12-10-8-6-4-2/h1,3,5-28H,4H2,2H3/b3-1?,7-5+,8-6+,11-9+,12-10+,15-13+,16-14+,19-17+,20-18+,23-21+,24-22+,27-25+,28-26+. The Morgan fingerprint density at radius 2 is 0.571 bits per heavy atom. The van der Waals surface area contributed by atoms with Gasteiger partial charge in [-0.15, -0.1) is 0 Å². The van der Waals surface area contributed by atoms with E-state index in [1.807, 2.05) is 128 Å². The lowest BCUT2D eigenvalue weighted by Gasteiger charge is -1.76. The zero-order valence-electron chi connectivity index (χ0n) is 16.7. The fraction of sp³-hybridized carbons (Fsp3) is 0.0714. The van der Waals surface area contributed by atoms with Gasteiger partial charge in [0.15, 0.2) is 0 Å². The average molecular weight is 368 g/mol. The van der Waals surface area contributed by atoms with Gasteiger partial charge in [0.05, 0.1) is 0 Å². The van der Waals surface area contributed by atoms with Crippen LogP contribution in [0.2, 0.25) is 0 Å². The van der Waals surface area contributed by atoms with E-state index < -0.39 is 0 Å². The molecule has 0 heterocycles. The Morgan fingerprint density at radius 1 is 0.357 bits per heavy atom. The highest BCUT2D eigenvalue weighted by atomic mass is 13.7. The molecule has 0 aromatic heterocycles. The largest absolute Gasteiger partial charge is 0.0848 e. The van der Waals surface area contributed by atoms with Crippen LogP contribution < -0.4 is 0 Å². The third-order valence-electron chi connectivity index (χ3n) is 2.93. The van der Waals surface area contributed by atoms with E-state index in [9.17, 15) is 0 Å². The van der Waals surface area contributed by atoms with E-state index in [1.165, 1.54) is 6.08 Å². The highest BCUT2D eigenvalue weighted by Crippen LogP contribution is 1.88. The summed E-state index contributed by atoms with van der Waals surface area (Å²) in [5.41, 5.74) is 0. The number of allylic oxidation sites excluding steroid dienone is 25. The molecule has 0 aromatic carbocycles. The second kappa shape index (κ2) is 23.6. The smallest absolute Gasteiger partial charge is 0.0376 e. The van der Waals surface area contributed by atoms with Crippen LogP contribution in [0.1, 0.15) is 13.3 Å². The van der Waals surface area contributed by atoms with Gasteiger partial charge in [-0.25, -0.2) is 0 Å². The van der Waals surface area contributed by atoms with Crippen molar-refractivity contribution in [2.45, 2.75) is 13.3 Å². The van der Waals surface area contributed by atoms with Gasteiger partial charge in [-0.3, -0.25) is 0 Å². The summed E-state index contributed by atoms with van der Waals surface area (Å²) >= 11 is 0. The summed E-state index contributed by atoms with van der Waals surface area (Å²) in [6, 6.07) is 0. The van der Waals surface area contributed by atoms with Crippen molar-refractivity contribution in [3.8, 4) is 0 Å². The van der Waals surface area contributed by atoms with Gasteiger partial charge in [0.1, 0.15) is 0 Å². The zero-order chi connectivity index (χ0) is 20.4. The van der Waals surface area contributed by atoms with Crippen LogP contribution in [0.5, 0.6) is 0 Å². The van der Waals surface area contributed by atoms with Crippen molar-refractivity contribution >= 4 is 0 Å². The van der Waals surface area contributed by atoms with Crippen molar-refractivity contribution in [2.75, 3.05) is 0 Å². The fourth-order valence-corrected chi connectivity index (χ4v) is 1.63. The second-order valence-corrected chi connectivity index (χ2v) is 5.26. The molecule has 0 N–H and O–H groups in total. The molecule has 0 aliphatic rings. The van der Waals surface area contributed by atoms with Crippen LogP contribution in [0.25, 0.3) is 0 Å². The Bertz CT molecular complexity index is 718. The summed E-state index contributed by atoms with van der Waals surface area (Å²) in [6.07, 6.45) is 50.2. The van der Waals surface area contributed by atoms with Gasteiger partial charge in [-0.05, 0) is 6.42 Å². The van der Waals surface area contributed by atoms with Crippen LogP contribution in [-0.4, -0.2) is 0 Å². The van der Waals surface area contributed by atoms with E-state index in [-0.39, 0.29) is 0 Å². The van der Waals surface area contributed by atoms with E-state index in [0.29, 0.717) is 0 Å². The Hall–Kier alpha value is -3.38. The monoisotopic (exact) mass is 367 g/mol. The van der Waals surface area contributed by atoms with Gasteiger partial charge < -0.3 is 0 Å². The highest BCUT2D eigenvalue weighted by Gasteiger charge is 1.66. The van der Waals surface area contributed by atoms with Crippen LogP contribution in [0.3, 0.4) is 0 Å². The maximum atomic E-state index is 5.22. The molecule has 0 amide bonds. The van der Waals surface area contributed by atoms with E-state index in [1.54, 1.807) is 6.08 Å². The van der Waals surface area contributed by atoms with Crippen molar-refractivity contribution in [3.63, 3.8) is 0 Å². The highest BCUT2D eigenvalue weighted by molar-refractivity contribution is 5.23. The van der Waals surface area contributed by atoms with Gasteiger partial charge >= 0.3 is 0 Å². The van der Waals surface area contributed by atoms with Gasteiger partial charge in [0.2, 0.25) is 0 Å². The summed E-state index contributed by atoms with van der Waals surface area (Å²) in [5, 5.41) is 0. The maximum Gasteiger partial charge on any atom is -0.0376 e. The topological polar surface area (TPSA) is 0 Å². The minimum Gasteiger partial charge on any atom is -0.0848 e. The molecule has 0 aliphatic heterocycles. The molecular formula is C28H31. The molecule has 0 aliphatic carbocycles. The summed E-state index contributed by atoms with van der Waals surface area (Å²) in [5.74, 6) is 0. The molecule has 0 bridgehead atoms. The molecule has 1 radical (unpaired) electrons. The van der Waals surface area contributed by atoms with Crippen molar-refractivity contribution in [1.82, 2.24) is 0 Å². The van der Waals surface area contributed by atoms with Gasteiger partial charge in [-0.1, -0.05) is 165 Å². The molecule has 28 heavy (non-hydrogen) atoms. The van der Waals surface area contributed by atoms with Crippen LogP contribution in [0.4, 0.5) is 0 Å². The first-order chi connectivity index (χ1) is 13.9. The minimum absolute atomic E-state index is 1.07. The van der Waals surface area contributed by atoms with E-state index in [0.717, 1.165) is 6.42 Å². The normalized spacial score (nSPS) is 14.6. The van der Waals surface area contributed by atoms with E-state index >= 15 is 0 Å². The Balaban J connectivity index is 3.94. The van der Waals surface area contributed by atoms with Crippen molar-refractivity contribution < 1.29 is 0 Å². The summed E-state index contributed by atoms with van der Waals surface area (Å²) < 4.78 is 0. The molecule has 0 saturated heterocycles. The summed E-state index contributed by atoms with van der Waals surface area (Å²) in [6.45, 7) is 7.34. The first-order valence-corrected chi connectivity index (χ1v) is 9.45. The average Bonchev–Trinajstić information content (AvgIpc) is 2.71. The lowest BCUT2D eigenvalue weighted by Crippen LogP contribution is -1.54. The molecule has 0 spiro atoms. The molecule has 0 rings (SSSR count). The Kier molecular flexibility index (Phi) is 20.8. The quantitative estimate of drug-likeness (QED) is 0.289. The molecule has 143 valence electrons. The predicted molar refractivity (Wildman–Crippen MR) is 129 cm³/mol. The Labute approximate surface area is 172 Å². The third-order valence-corrected chi connectivity index (χ3v) is 2.93. The van der Waals surface area contributed by atoms with Gasteiger partial charge in [0.25, 0.3) is 0 Å². The van der Waals surface area contributed by atoms with Crippen LogP contribution in [0, 0.1) is 6.58 Å². The lowest BCUT2D eigenvalue weighted by atomic mass is 10.3. The first-order valence-electron chi connectivity index (χ1n) is 9.45. The summed E-state index contributed by atoms with van der Waals surface area (Å²) in [7, 11) is 0. The van der Waals surface area contributed by atoms with Gasteiger partial charge in [0, 0.05) is 0 Å². The van der Waals surface area contributed by atoms with Crippen LogP contribution in [-0.2, 0) is 0 Å². The maximum absolute atomic E-state index is 5.22. The molecule has 0 saturated carbocycles. The Morgan fingerprint density at radius 3 is 0.786 bits per heavy atom. The molecule has 0 unspecified atom stereocenters. The summed E-state index contributed by atoms with van der Waals surface area (Å²) in [4.78, 5) is 0. The molecule has 0 nitrogen and oxygen atoms in total. The molecule has 0 heteroatoms. The van der Waals surface area contributed by atoms with Crippen LogP contribution >= 0.6 is 0 Å². The van der Waals surface area contributed by atoms with E-state index in [4.69, 9.17) is 6.58 Å². The third kappa shape index (κ3) is 22.6. The molecule has 0 fully saturated rings.